The smallest absolute Gasteiger partial charge is 0.253 e. The average Bonchev–Trinajstić information content (AvgIpc) is 2.53. The minimum Gasteiger partial charge on any atom is -0.488 e. The van der Waals surface area contributed by atoms with Crippen LogP contribution in [0.2, 0.25) is 0 Å². The summed E-state index contributed by atoms with van der Waals surface area (Å²) in [6.45, 7) is 1.97. The number of aliphatic hydroxyl groups is 1. The van der Waals surface area contributed by atoms with Crippen molar-refractivity contribution in [2.45, 2.75) is 12.8 Å². The summed E-state index contributed by atoms with van der Waals surface area (Å²) in [6.07, 6.45) is 3.67. The molecule has 0 saturated carbocycles. The summed E-state index contributed by atoms with van der Waals surface area (Å²) in [5.74, 6) is 1.20. The molecule has 3 rings (SSSR count). The first-order chi connectivity index (χ1) is 10.2. The summed E-state index contributed by atoms with van der Waals surface area (Å²) >= 11 is 3.43. The van der Waals surface area contributed by atoms with Crippen LogP contribution in [0.15, 0.2) is 28.2 Å². The first-order valence-electron chi connectivity index (χ1n) is 7.20. The molecule has 0 radical (unpaired) electrons. The Morgan fingerprint density at radius 1 is 1.38 bits per heavy atom. The normalized spacial score (nSPS) is 18.8. The fourth-order valence-corrected chi connectivity index (χ4v) is 3.17. The average molecular weight is 352 g/mol. The maximum absolute atomic E-state index is 12.5. The highest BCUT2D eigenvalue weighted by Crippen LogP contribution is 2.30. The second-order valence-electron chi connectivity index (χ2n) is 5.56. The van der Waals surface area contributed by atoms with Crippen molar-refractivity contribution in [3.05, 3.63) is 33.8 Å². The molecule has 0 spiro atoms. The molecule has 4 nitrogen and oxygen atoms in total. The van der Waals surface area contributed by atoms with E-state index in [0.717, 1.165) is 28.6 Å². The first kappa shape index (κ1) is 14.6. The van der Waals surface area contributed by atoms with Gasteiger partial charge >= 0.3 is 0 Å². The lowest BCUT2D eigenvalue weighted by Gasteiger charge is -2.32. The number of hydrogen-bond donors (Lipinski definition) is 1. The van der Waals surface area contributed by atoms with Gasteiger partial charge in [0.15, 0.2) is 0 Å². The van der Waals surface area contributed by atoms with Gasteiger partial charge in [-0.3, -0.25) is 4.79 Å². The first-order valence-corrected chi connectivity index (χ1v) is 7.99. The number of amides is 1. The van der Waals surface area contributed by atoms with E-state index in [2.05, 4.69) is 15.9 Å². The number of fused-ring (bicyclic) bond motifs is 1. The number of rotatable bonds is 2. The van der Waals surface area contributed by atoms with E-state index in [-0.39, 0.29) is 12.5 Å². The van der Waals surface area contributed by atoms with Gasteiger partial charge in [-0.25, -0.2) is 0 Å². The van der Waals surface area contributed by atoms with Crippen molar-refractivity contribution in [2.75, 3.05) is 26.3 Å². The van der Waals surface area contributed by atoms with Crippen molar-refractivity contribution in [2.24, 2.45) is 5.92 Å². The van der Waals surface area contributed by atoms with Gasteiger partial charge in [0.05, 0.1) is 5.57 Å². The lowest BCUT2D eigenvalue weighted by atomic mass is 9.97. The fourth-order valence-electron chi connectivity index (χ4n) is 2.79. The number of piperidine rings is 1. The molecule has 0 unspecified atom stereocenters. The molecule has 1 amide bonds. The molecule has 0 bridgehead atoms. The molecule has 1 N–H and O–H groups in total. The van der Waals surface area contributed by atoms with Crippen LogP contribution >= 0.6 is 15.9 Å². The number of hydrogen-bond acceptors (Lipinski definition) is 3. The molecule has 5 heteroatoms. The largest absolute Gasteiger partial charge is 0.488 e. The summed E-state index contributed by atoms with van der Waals surface area (Å²) in [7, 11) is 0. The summed E-state index contributed by atoms with van der Waals surface area (Å²) in [6, 6.07) is 5.79. The Hall–Kier alpha value is -1.33. The molecule has 1 saturated heterocycles. The Morgan fingerprint density at radius 3 is 2.86 bits per heavy atom. The van der Waals surface area contributed by atoms with Crippen molar-refractivity contribution in [3.63, 3.8) is 0 Å². The van der Waals surface area contributed by atoms with Crippen LogP contribution in [0.3, 0.4) is 0 Å². The zero-order valence-corrected chi connectivity index (χ0v) is 13.3. The Bertz CT molecular complexity index is 577. The van der Waals surface area contributed by atoms with Crippen molar-refractivity contribution in [1.82, 2.24) is 4.90 Å². The molecule has 2 heterocycles. The number of ether oxygens (including phenoxy) is 1. The minimum absolute atomic E-state index is 0.0528. The van der Waals surface area contributed by atoms with E-state index in [4.69, 9.17) is 9.84 Å². The van der Waals surface area contributed by atoms with Crippen LogP contribution in [-0.2, 0) is 4.79 Å². The Kier molecular flexibility index (Phi) is 4.31. The molecular formula is C16H18BrNO3. The van der Waals surface area contributed by atoms with Crippen LogP contribution in [0.1, 0.15) is 18.4 Å². The van der Waals surface area contributed by atoms with Gasteiger partial charge in [-0.15, -0.1) is 0 Å². The fraction of sp³-hybridized carbons (Fsp3) is 0.438. The number of carbonyl (C=O) groups excluding carboxylic acids is 1. The predicted molar refractivity (Wildman–Crippen MR) is 84.0 cm³/mol. The van der Waals surface area contributed by atoms with Crippen LogP contribution in [0.25, 0.3) is 6.08 Å². The second kappa shape index (κ2) is 6.20. The summed E-state index contributed by atoms with van der Waals surface area (Å²) < 4.78 is 6.64. The van der Waals surface area contributed by atoms with Crippen molar-refractivity contribution in [3.8, 4) is 5.75 Å². The van der Waals surface area contributed by atoms with Gasteiger partial charge < -0.3 is 14.7 Å². The van der Waals surface area contributed by atoms with Crippen LogP contribution < -0.4 is 4.74 Å². The Morgan fingerprint density at radius 2 is 2.14 bits per heavy atom. The number of halogens is 1. The van der Waals surface area contributed by atoms with Gasteiger partial charge in [-0.05, 0) is 43.0 Å². The third-order valence-corrected chi connectivity index (χ3v) is 4.61. The molecule has 2 aliphatic rings. The molecule has 112 valence electrons. The van der Waals surface area contributed by atoms with E-state index in [9.17, 15) is 4.79 Å². The SMILES string of the molecule is O=C(C1=Cc2cc(Br)ccc2OC1)N1CCC(CO)CC1. The predicted octanol–water partition coefficient (Wildman–Crippen LogP) is 2.46. The van der Waals surface area contributed by atoms with Crippen molar-refractivity contribution in [1.29, 1.82) is 0 Å². The van der Waals surface area contributed by atoms with Crippen LogP contribution in [0, 0.1) is 5.92 Å². The van der Waals surface area contributed by atoms with E-state index in [0.29, 0.717) is 31.2 Å². The highest BCUT2D eigenvalue weighted by molar-refractivity contribution is 9.10. The van der Waals surface area contributed by atoms with Gasteiger partial charge in [0.1, 0.15) is 12.4 Å². The standard InChI is InChI=1S/C16H18BrNO3/c17-14-1-2-15-12(8-14)7-13(10-21-15)16(20)18-5-3-11(9-19)4-6-18/h1-2,7-8,11,19H,3-6,9-10H2. The molecule has 21 heavy (non-hydrogen) atoms. The number of nitrogens with zero attached hydrogens (tertiary/aromatic N) is 1. The van der Waals surface area contributed by atoms with Gasteiger partial charge in [0.25, 0.3) is 5.91 Å². The van der Waals surface area contributed by atoms with E-state index >= 15 is 0 Å². The van der Waals surface area contributed by atoms with E-state index in [1.807, 2.05) is 29.2 Å². The molecule has 1 aromatic rings. The molecular weight excluding hydrogens is 334 g/mol. The van der Waals surface area contributed by atoms with Crippen molar-refractivity contribution < 1.29 is 14.6 Å². The van der Waals surface area contributed by atoms with Gasteiger partial charge in [0.2, 0.25) is 0 Å². The third kappa shape index (κ3) is 3.14. The highest BCUT2D eigenvalue weighted by Gasteiger charge is 2.26. The summed E-state index contributed by atoms with van der Waals surface area (Å²) in [5.41, 5.74) is 1.63. The minimum atomic E-state index is 0.0528. The second-order valence-corrected chi connectivity index (χ2v) is 6.47. The number of likely N-dealkylation sites (tertiary alicyclic amines) is 1. The maximum Gasteiger partial charge on any atom is 0.253 e. The number of aliphatic hydroxyl groups excluding tert-OH is 1. The Labute approximate surface area is 132 Å². The summed E-state index contributed by atoms with van der Waals surface area (Å²) in [4.78, 5) is 14.4. The molecule has 0 atom stereocenters. The van der Waals surface area contributed by atoms with E-state index < -0.39 is 0 Å². The topological polar surface area (TPSA) is 49.8 Å². The van der Waals surface area contributed by atoms with Gasteiger partial charge in [-0.2, -0.15) is 0 Å². The monoisotopic (exact) mass is 351 g/mol. The van der Waals surface area contributed by atoms with Gasteiger partial charge in [0, 0.05) is 29.7 Å². The van der Waals surface area contributed by atoms with Gasteiger partial charge in [-0.1, -0.05) is 15.9 Å². The van der Waals surface area contributed by atoms with E-state index in [1.165, 1.54) is 0 Å². The Balaban J connectivity index is 1.74. The quantitative estimate of drug-likeness (QED) is 0.890. The van der Waals surface area contributed by atoms with E-state index in [1.54, 1.807) is 0 Å². The lowest BCUT2D eigenvalue weighted by molar-refractivity contribution is -0.129. The maximum atomic E-state index is 12.5. The molecule has 0 aromatic heterocycles. The van der Waals surface area contributed by atoms with Crippen LogP contribution in [0.4, 0.5) is 0 Å². The third-order valence-electron chi connectivity index (χ3n) is 4.12. The highest BCUT2D eigenvalue weighted by atomic mass is 79.9. The van der Waals surface area contributed by atoms with Crippen LogP contribution in [-0.4, -0.2) is 42.2 Å². The molecule has 1 aromatic carbocycles. The summed E-state index contributed by atoms with van der Waals surface area (Å²) in [5, 5.41) is 9.16. The molecule has 1 fully saturated rings. The molecule has 2 aliphatic heterocycles. The number of carbonyl (C=O) groups is 1. The lowest BCUT2D eigenvalue weighted by Crippen LogP contribution is -2.41. The van der Waals surface area contributed by atoms with Crippen molar-refractivity contribution >= 4 is 27.9 Å². The number of benzene rings is 1. The zero-order chi connectivity index (χ0) is 14.8. The molecule has 0 aliphatic carbocycles. The zero-order valence-electron chi connectivity index (χ0n) is 11.7. The van der Waals surface area contributed by atoms with Crippen LogP contribution in [0.5, 0.6) is 5.75 Å².